The summed E-state index contributed by atoms with van der Waals surface area (Å²) in [5, 5.41) is 3.57. The quantitative estimate of drug-likeness (QED) is 0.821. The molecule has 1 unspecified atom stereocenters. The molecule has 2 rings (SSSR count). The Kier molecular flexibility index (Phi) is 6.65. The summed E-state index contributed by atoms with van der Waals surface area (Å²) < 4.78 is 14.3. The molecule has 0 aliphatic carbocycles. The largest absolute Gasteiger partial charge is 0.315 e. The van der Waals surface area contributed by atoms with Gasteiger partial charge in [-0.1, -0.05) is 36.2 Å². The SMILES string of the molecule is CC(C)CNCC1CCCCN1Cc1cc(F)cc(Br)c1. The molecule has 0 radical (unpaired) electrons. The number of hydrogen-bond donors (Lipinski definition) is 1. The summed E-state index contributed by atoms with van der Waals surface area (Å²) >= 11 is 3.38. The van der Waals surface area contributed by atoms with Crippen molar-refractivity contribution in [2.24, 2.45) is 5.92 Å². The lowest BCUT2D eigenvalue weighted by Gasteiger charge is -2.36. The smallest absolute Gasteiger partial charge is 0.124 e. The van der Waals surface area contributed by atoms with Gasteiger partial charge in [-0.15, -0.1) is 0 Å². The van der Waals surface area contributed by atoms with Gasteiger partial charge in [0.05, 0.1) is 0 Å². The van der Waals surface area contributed by atoms with Gasteiger partial charge in [-0.25, -0.2) is 4.39 Å². The maximum atomic E-state index is 13.5. The number of hydrogen-bond acceptors (Lipinski definition) is 2. The highest BCUT2D eigenvalue weighted by molar-refractivity contribution is 9.10. The molecule has 0 amide bonds. The minimum absolute atomic E-state index is 0.161. The first-order valence-electron chi connectivity index (χ1n) is 7.94. The highest BCUT2D eigenvalue weighted by Gasteiger charge is 2.22. The number of piperidine rings is 1. The number of nitrogens with zero attached hydrogens (tertiary/aromatic N) is 1. The lowest BCUT2D eigenvalue weighted by Crippen LogP contribution is -2.45. The highest BCUT2D eigenvalue weighted by Crippen LogP contribution is 2.22. The molecule has 0 aromatic heterocycles. The number of benzene rings is 1. The van der Waals surface area contributed by atoms with Gasteiger partial charge in [-0.05, 0) is 55.6 Å². The number of nitrogens with one attached hydrogen (secondary N) is 1. The monoisotopic (exact) mass is 356 g/mol. The van der Waals surface area contributed by atoms with Crippen LogP contribution < -0.4 is 5.32 Å². The first-order valence-corrected chi connectivity index (χ1v) is 8.73. The highest BCUT2D eigenvalue weighted by atomic mass is 79.9. The number of likely N-dealkylation sites (tertiary alicyclic amines) is 1. The van der Waals surface area contributed by atoms with Crippen molar-refractivity contribution in [1.82, 2.24) is 10.2 Å². The zero-order valence-electron chi connectivity index (χ0n) is 13.0. The zero-order valence-corrected chi connectivity index (χ0v) is 14.6. The van der Waals surface area contributed by atoms with E-state index in [0.717, 1.165) is 36.2 Å². The van der Waals surface area contributed by atoms with E-state index in [0.29, 0.717) is 12.0 Å². The maximum Gasteiger partial charge on any atom is 0.124 e. The Morgan fingerprint density at radius 1 is 1.33 bits per heavy atom. The van der Waals surface area contributed by atoms with Gasteiger partial charge in [0.15, 0.2) is 0 Å². The zero-order chi connectivity index (χ0) is 15.2. The first kappa shape index (κ1) is 16.9. The van der Waals surface area contributed by atoms with Crippen molar-refractivity contribution in [2.75, 3.05) is 19.6 Å². The molecule has 1 aliphatic rings. The van der Waals surface area contributed by atoms with Crippen molar-refractivity contribution >= 4 is 15.9 Å². The van der Waals surface area contributed by atoms with Gasteiger partial charge < -0.3 is 5.32 Å². The summed E-state index contributed by atoms with van der Waals surface area (Å²) in [5.41, 5.74) is 1.05. The molecular formula is C17H26BrFN2. The number of halogens is 2. The lowest BCUT2D eigenvalue weighted by atomic mass is 10.0. The van der Waals surface area contributed by atoms with Crippen molar-refractivity contribution in [1.29, 1.82) is 0 Å². The minimum atomic E-state index is -0.161. The number of rotatable bonds is 6. The third-order valence-corrected chi connectivity index (χ3v) is 4.45. The van der Waals surface area contributed by atoms with Crippen molar-refractivity contribution in [3.8, 4) is 0 Å². The molecule has 0 bridgehead atoms. The van der Waals surface area contributed by atoms with Crippen LogP contribution in [0.3, 0.4) is 0 Å². The van der Waals surface area contributed by atoms with Gasteiger partial charge >= 0.3 is 0 Å². The second-order valence-corrected chi connectivity index (χ2v) is 7.37. The summed E-state index contributed by atoms with van der Waals surface area (Å²) in [6.07, 6.45) is 3.79. The fourth-order valence-electron chi connectivity index (χ4n) is 2.97. The summed E-state index contributed by atoms with van der Waals surface area (Å²) in [7, 11) is 0. The van der Waals surface area contributed by atoms with E-state index >= 15 is 0 Å². The summed E-state index contributed by atoms with van der Waals surface area (Å²) in [5.74, 6) is 0.520. The third-order valence-electron chi connectivity index (χ3n) is 3.99. The Morgan fingerprint density at radius 2 is 2.14 bits per heavy atom. The van der Waals surface area contributed by atoms with Gasteiger partial charge in [0.2, 0.25) is 0 Å². The molecule has 1 aromatic carbocycles. The van der Waals surface area contributed by atoms with Crippen LogP contribution in [-0.2, 0) is 6.54 Å². The Bertz CT molecular complexity index is 430. The minimum Gasteiger partial charge on any atom is -0.315 e. The Labute approximate surface area is 136 Å². The van der Waals surface area contributed by atoms with Crippen molar-refractivity contribution in [3.63, 3.8) is 0 Å². The predicted molar refractivity (Wildman–Crippen MR) is 89.9 cm³/mol. The average molecular weight is 357 g/mol. The Balaban J connectivity index is 1.94. The van der Waals surface area contributed by atoms with Gasteiger partial charge in [-0.3, -0.25) is 4.90 Å². The van der Waals surface area contributed by atoms with Gasteiger partial charge in [0.1, 0.15) is 5.82 Å². The molecule has 21 heavy (non-hydrogen) atoms. The fraction of sp³-hybridized carbons (Fsp3) is 0.647. The van der Waals surface area contributed by atoms with Crippen molar-refractivity contribution in [3.05, 3.63) is 34.1 Å². The van der Waals surface area contributed by atoms with Gasteiger partial charge in [0.25, 0.3) is 0 Å². The predicted octanol–water partition coefficient (Wildman–Crippen LogP) is 4.19. The molecule has 0 saturated carbocycles. The second kappa shape index (κ2) is 8.25. The van der Waals surface area contributed by atoms with E-state index in [1.165, 1.54) is 25.3 Å². The van der Waals surface area contributed by atoms with E-state index < -0.39 is 0 Å². The normalized spacial score (nSPS) is 20.1. The Hall–Kier alpha value is -0.450. The van der Waals surface area contributed by atoms with E-state index in [9.17, 15) is 4.39 Å². The average Bonchev–Trinajstić information content (AvgIpc) is 2.39. The van der Waals surface area contributed by atoms with Crippen LogP contribution >= 0.6 is 15.9 Å². The van der Waals surface area contributed by atoms with Crippen molar-refractivity contribution < 1.29 is 4.39 Å². The summed E-state index contributed by atoms with van der Waals surface area (Å²) in [6.45, 7) is 8.52. The lowest BCUT2D eigenvalue weighted by molar-refractivity contribution is 0.136. The van der Waals surface area contributed by atoms with Crippen LogP contribution in [0.15, 0.2) is 22.7 Å². The van der Waals surface area contributed by atoms with Crippen LogP contribution in [0.1, 0.15) is 38.7 Å². The van der Waals surface area contributed by atoms with Crippen LogP contribution in [0.5, 0.6) is 0 Å². The molecule has 4 heteroatoms. The summed E-state index contributed by atoms with van der Waals surface area (Å²) in [6, 6.07) is 5.76. The standard InChI is InChI=1S/C17H26BrFN2/c1-13(2)10-20-11-17-5-3-4-6-21(17)12-14-7-15(18)9-16(19)8-14/h7-9,13,17,20H,3-6,10-12H2,1-2H3. The van der Waals surface area contributed by atoms with E-state index in [-0.39, 0.29) is 5.82 Å². The molecule has 2 nitrogen and oxygen atoms in total. The van der Waals surface area contributed by atoms with Crippen molar-refractivity contribution in [2.45, 2.75) is 45.7 Å². The second-order valence-electron chi connectivity index (χ2n) is 6.45. The van der Waals surface area contributed by atoms with Crippen LogP contribution in [-0.4, -0.2) is 30.6 Å². The molecule has 1 fully saturated rings. The van der Waals surface area contributed by atoms with E-state index in [1.54, 1.807) is 6.07 Å². The molecule has 1 heterocycles. The molecule has 1 N–H and O–H groups in total. The van der Waals surface area contributed by atoms with Gasteiger partial charge in [-0.2, -0.15) is 0 Å². The molecular weight excluding hydrogens is 331 g/mol. The Morgan fingerprint density at radius 3 is 2.86 bits per heavy atom. The van der Waals surface area contributed by atoms with Crippen LogP contribution in [0.2, 0.25) is 0 Å². The first-order chi connectivity index (χ1) is 10.0. The molecule has 1 aliphatic heterocycles. The van der Waals surface area contributed by atoms with E-state index in [1.807, 2.05) is 6.07 Å². The van der Waals surface area contributed by atoms with Crippen LogP contribution in [0.25, 0.3) is 0 Å². The topological polar surface area (TPSA) is 15.3 Å². The molecule has 1 atom stereocenters. The van der Waals surface area contributed by atoms with Crippen LogP contribution in [0, 0.1) is 11.7 Å². The van der Waals surface area contributed by atoms with Gasteiger partial charge in [0, 0.05) is 23.6 Å². The molecule has 0 spiro atoms. The molecule has 1 saturated heterocycles. The van der Waals surface area contributed by atoms with E-state index in [4.69, 9.17) is 0 Å². The maximum absolute atomic E-state index is 13.5. The van der Waals surface area contributed by atoms with Crippen LogP contribution in [0.4, 0.5) is 4.39 Å². The molecule has 118 valence electrons. The molecule has 1 aromatic rings. The summed E-state index contributed by atoms with van der Waals surface area (Å²) in [4.78, 5) is 2.50. The third kappa shape index (κ3) is 5.68. The van der Waals surface area contributed by atoms with E-state index in [2.05, 4.69) is 40.0 Å². The fourth-order valence-corrected chi connectivity index (χ4v) is 3.49.